The van der Waals surface area contributed by atoms with Crippen LogP contribution < -0.4 is 4.74 Å². The minimum atomic E-state index is -1.08. The molecule has 1 saturated heterocycles. The van der Waals surface area contributed by atoms with Gasteiger partial charge in [0.05, 0.1) is 35.5 Å². The summed E-state index contributed by atoms with van der Waals surface area (Å²) in [6, 6.07) is 11.9. The van der Waals surface area contributed by atoms with Crippen molar-refractivity contribution in [1.29, 1.82) is 5.26 Å². The van der Waals surface area contributed by atoms with Gasteiger partial charge in [-0.05, 0) is 51.1 Å². The second kappa shape index (κ2) is 12.6. The van der Waals surface area contributed by atoms with Crippen molar-refractivity contribution in [2.45, 2.75) is 51.8 Å². The summed E-state index contributed by atoms with van der Waals surface area (Å²) in [7, 11) is 0. The molecule has 224 valence electrons. The SMILES string of the molecule is CCn1cncc1Cc1c(CN2CCC(c3cccc(OCc4ccc(C#N)cc4F)n3)CC2)nc2cnc(C(=O)O)cn12. The standard InChI is InChI=1S/C32H31FN8O3/c1-2-40-20-35-15-24(40)13-29-27(37-30-16-36-28(32(42)43)18-41(29)30)17-39-10-8-22(9-11-39)26-4-3-5-31(38-26)44-19-23-7-6-21(14-34)12-25(23)33/h3-7,12,15-16,18,20,22H,2,8-11,13,17,19H2,1H3,(H,42,43). The molecule has 0 amide bonds. The summed E-state index contributed by atoms with van der Waals surface area (Å²) in [5.74, 6) is -0.874. The van der Waals surface area contributed by atoms with E-state index < -0.39 is 11.8 Å². The summed E-state index contributed by atoms with van der Waals surface area (Å²) in [5.41, 5.74) is 4.99. The molecular weight excluding hydrogens is 563 g/mol. The summed E-state index contributed by atoms with van der Waals surface area (Å²) in [4.78, 5) is 31.9. The fourth-order valence-corrected chi connectivity index (χ4v) is 5.65. The van der Waals surface area contributed by atoms with Gasteiger partial charge in [0.25, 0.3) is 0 Å². The van der Waals surface area contributed by atoms with Gasteiger partial charge in [0, 0.05) is 60.8 Å². The van der Waals surface area contributed by atoms with Crippen molar-refractivity contribution in [2.75, 3.05) is 13.1 Å². The van der Waals surface area contributed by atoms with Crippen LogP contribution >= 0.6 is 0 Å². The molecule has 6 rings (SSSR count). The number of nitrogens with zero attached hydrogens (tertiary/aromatic N) is 8. The molecule has 1 aromatic carbocycles. The maximum Gasteiger partial charge on any atom is 0.356 e. The average molecular weight is 595 g/mol. The lowest BCUT2D eigenvalue weighted by Crippen LogP contribution is -2.33. The summed E-state index contributed by atoms with van der Waals surface area (Å²) < 4.78 is 24.0. The number of carboxylic acid groups (broad SMARTS) is 1. The number of piperidine rings is 1. The van der Waals surface area contributed by atoms with Crippen molar-refractivity contribution in [1.82, 2.24) is 33.8 Å². The number of likely N-dealkylation sites (tertiary alicyclic amines) is 1. The van der Waals surface area contributed by atoms with Crippen LogP contribution in [0.25, 0.3) is 5.65 Å². The number of aryl methyl sites for hydroxylation is 1. The molecule has 0 saturated carbocycles. The zero-order valence-electron chi connectivity index (χ0n) is 24.2. The predicted octanol–water partition coefficient (Wildman–Crippen LogP) is 4.60. The van der Waals surface area contributed by atoms with Crippen LogP contribution in [-0.4, -0.2) is 58.0 Å². The van der Waals surface area contributed by atoms with E-state index in [1.807, 2.05) is 28.8 Å². The molecule has 1 aliphatic rings. The largest absolute Gasteiger partial charge is 0.476 e. The molecule has 1 aliphatic heterocycles. The van der Waals surface area contributed by atoms with Crippen molar-refractivity contribution < 1.29 is 19.0 Å². The number of aromatic carboxylic acids is 1. The number of hydrogen-bond acceptors (Lipinski definition) is 8. The molecule has 44 heavy (non-hydrogen) atoms. The lowest BCUT2D eigenvalue weighted by molar-refractivity contribution is 0.0690. The van der Waals surface area contributed by atoms with Crippen molar-refractivity contribution >= 4 is 11.6 Å². The van der Waals surface area contributed by atoms with Gasteiger partial charge in [-0.25, -0.2) is 29.1 Å². The van der Waals surface area contributed by atoms with Crippen molar-refractivity contribution in [3.8, 4) is 11.9 Å². The fourth-order valence-electron chi connectivity index (χ4n) is 5.65. The summed E-state index contributed by atoms with van der Waals surface area (Å²) in [6.07, 6.45) is 9.05. The Balaban J connectivity index is 1.14. The maximum absolute atomic E-state index is 14.3. The average Bonchev–Trinajstić information content (AvgIpc) is 3.64. The third kappa shape index (κ3) is 6.14. The van der Waals surface area contributed by atoms with Crippen LogP contribution in [0, 0.1) is 17.1 Å². The Bertz CT molecular complexity index is 1850. The first kappa shape index (κ1) is 28.9. The van der Waals surface area contributed by atoms with Crippen LogP contribution in [0.3, 0.4) is 0 Å². The van der Waals surface area contributed by atoms with E-state index in [9.17, 15) is 14.3 Å². The van der Waals surface area contributed by atoms with E-state index >= 15 is 0 Å². The van der Waals surface area contributed by atoms with Crippen molar-refractivity contribution in [3.63, 3.8) is 0 Å². The Labute approximate surface area is 253 Å². The van der Waals surface area contributed by atoms with E-state index in [-0.39, 0.29) is 23.8 Å². The number of aromatic nitrogens is 6. The number of hydrogen-bond donors (Lipinski definition) is 1. The van der Waals surface area contributed by atoms with Gasteiger partial charge in [-0.2, -0.15) is 5.26 Å². The molecule has 12 heteroatoms. The topological polar surface area (TPSA) is 134 Å². The molecule has 4 aromatic heterocycles. The molecule has 0 atom stereocenters. The Morgan fingerprint density at radius 2 is 2.02 bits per heavy atom. The van der Waals surface area contributed by atoms with Crippen LogP contribution in [0.5, 0.6) is 5.88 Å². The number of carboxylic acids is 1. The Morgan fingerprint density at radius 1 is 1.18 bits per heavy atom. The van der Waals surface area contributed by atoms with Crippen molar-refractivity contribution in [3.05, 3.63) is 107 Å². The zero-order chi connectivity index (χ0) is 30.6. The molecule has 0 unspecified atom stereocenters. The first-order valence-electron chi connectivity index (χ1n) is 14.5. The highest BCUT2D eigenvalue weighted by molar-refractivity contribution is 5.85. The number of carbonyl (C=O) groups is 1. The second-order valence-electron chi connectivity index (χ2n) is 10.8. The van der Waals surface area contributed by atoms with E-state index in [1.165, 1.54) is 12.3 Å². The third-order valence-corrected chi connectivity index (χ3v) is 8.08. The normalized spacial score (nSPS) is 14.1. The van der Waals surface area contributed by atoms with Crippen LogP contribution in [0.4, 0.5) is 4.39 Å². The first-order valence-corrected chi connectivity index (χ1v) is 14.5. The lowest BCUT2D eigenvalue weighted by Gasteiger charge is -2.31. The summed E-state index contributed by atoms with van der Waals surface area (Å²) in [5, 5.41) is 18.5. The van der Waals surface area contributed by atoms with Crippen LogP contribution in [0.2, 0.25) is 0 Å². The number of halogens is 1. The van der Waals surface area contributed by atoms with Crippen LogP contribution in [0.15, 0.2) is 61.3 Å². The molecule has 5 aromatic rings. The molecule has 1 fully saturated rings. The molecule has 1 N–H and O–H groups in total. The van der Waals surface area contributed by atoms with E-state index in [0.717, 1.165) is 55.3 Å². The monoisotopic (exact) mass is 594 g/mol. The molecular formula is C32H31FN8O3. The van der Waals surface area contributed by atoms with Gasteiger partial charge in [-0.3, -0.25) is 9.30 Å². The third-order valence-electron chi connectivity index (χ3n) is 8.08. The Morgan fingerprint density at radius 3 is 2.77 bits per heavy atom. The van der Waals surface area contributed by atoms with E-state index in [0.29, 0.717) is 30.1 Å². The highest BCUT2D eigenvalue weighted by Gasteiger charge is 2.25. The minimum absolute atomic E-state index is 0.0241. The zero-order valence-corrected chi connectivity index (χ0v) is 24.2. The number of pyridine rings is 1. The van der Waals surface area contributed by atoms with Crippen molar-refractivity contribution in [2.24, 2.45) is 0 Å². The van der Waals surface area contributed by atoms with E-state index in [2.05, 4.69) is 26.4 Å². The number of fused-ring (bicyclic) bond motifs is 1. The van der Waals surface area contributed by atoms with Crippen LogP contribution in [-0.2, 0) is 26.1 Å². The van der Waals surface area contributed by atoms with Gasteiger partial charge in [0.1, 0.15) is 12.4 Å². The van der Waals surface area contributed by atoms with Gasteiger partial charge < -0.3 is 14.4 Å². The number of nitriles is 1. The van der Waals surface area contributed by atoms with Gasteiger partial charge in [0.15, 0.2) is 11.3 Å². The maximum atomic E-state index is 14.3. The minimum Gasteiger partial charge on any atom is -0.476 e. The fraction of sp³-hybridized carbons (Fsp3) is 0.312. The Kier molecular flexibility index (Phi) is 8.29. The second-order valence-corrected chi connectivity index (χ2v) is 10.8. The van der Waals surface area contributed by atoms with Gasteiger partial charge in [-0.15, -0.1) is 0 Å². The highest BCUT2D eigenvalue weighted by atomic mass is 19.1. The summed E-state index contributed by atoms with van der Waals surface area (Å²) in [6.45, 7) is 5.17. The van der Waals surface area contributed by atoms with E-state index in [1.54, 1.807) is 30.7 Å². The van der Waals surface area contributed by atoms with Gasteiger partial charge in [0.2, 0.25) is 5.88 Å². The van der Waals surface area contributed by atoms with Crippen LogP contribution in [0.1, 0.15) is 70.1 Å². The quantitative estimate of drug-likeness (QED) is 0.246. The predicted molar refractivity (Wildman–Crippen MR) is 158 cm³/mol. The van der Waals surface area contributed by atoms with Gasteiger partial charge >= 0.3 is 5.97 Å². The first-order chi connectivity index (χ1) is 21.4. The van der Waals surface area contributed by atoms with E-state index in [4.69, 9.17) is 20.0 Å². The van der Waals surface area contributed by atoms with Gasteiger partial charge in [-0.1, -0.05) is 12.1 Å². The lowest BCUT2D eigenvalue weighted by atomic mass is 9.93. The number of rotatable bonds is 10. The smallest absolute Gasteiger partial charge is 0.356 e. The molecule has 0 aliphatic carbocycles. The number of imidazole rings is 2. The number of benzene rings is 1. The molecule has 11 nitrogen and oxygen atoms in total. The number of ether oxygens (including phenoxy) is 1. The highest BCUT2D eigenvalue weighted by Crippen LogP contribution is 2.29. The molecule has 5 heterocycles. The Hall–Kier alpha value is -5.15. The molecule has 0 spiro atoms. The molecule has 0 bridgehead atoms. The summed E-state index contributed by atoms with van der Waals surface area (Å²) >= 11 is 0. The molecule has 0 radical (unpaired) electrons.